The first-order chi connectivity index (χ1) is 15.9. The van der Waals surface area contributed by atoms with Crippen LogP contribution in [0.3, 0.4) is 0 Å². The summed E-state index contributed by atoms with van der Waals surface area (Å²) in [6.07, 6.45) is 3.93. The molecular formula is C28H40N2O3. The first-order valence-corrected chi connectivity index (χ1v) is 12.2. The zero-order valence-electron chi connectivity index (χ0n) is 20.6. The molecule has 5 heteroatoms. The fourth-order valence-electron chi connectivity index (χ4n) is 3.61. The fraction of sp³-hybridized carbons (Fsp3) is 0.500. The van der Waals surface area contributed by atoms with E-state index in [0.717, 1.165) is 36.1 Å². The molecule has 2 unspecified atom stereocenters. The summed E-state index contributed by atoms with van der Waals surface area (Å²) in [5.41, 5.74) is 1.90. The molecule has 2 atom stereocenters. The first kappa shape index (κ1) is 26.4. The van der Waals surface area contributed by atoms with Crippen molar-refractivity contribution in [2.45, 2.75) is 65.8 Å². The molecule has 0 aliphatic rings. The maximum Gasteiger partial charge on any atom is 0.224 e. The maximum absolute atomic E-state index is 12.7. The van der Waals surface area contributed by atoms with Gasteiger partial charge in [0.1, 0.15) is 5.75 Å². The van der Waals surface area contributed by atoms with E-state index in [9.17, 15) is 9.59 Å². The second-order valence-corrected chi connectivity index (χ2v) is 9.29. The van der Waals surface area contributed by atoms with Gasteiger partial charge in [-0.1, -0.05) is 76.6 Å². The van der Waals surface area contributed by atoms with Crippen molar-refractivity contribution in [3.8, 4) is 5.75 Å². The second kappa shape index (κ2) is 14.4. The molecule has 0 fully saturated rings. The van der Waals surface area contributed by atoms with E-state index < -0.39 is 0 Å². The lowest BCUT2D eigenvalue weighted by Crippen LogP contribution is -2.38. The third-order valence-electron chi connectivity index (χ3n) is 5.59. The zero-order chi connectivity index (χ0) is 24.1. The molecule has 180 valence electrons. The molecule has 0 spiro atoms. The molecule has 2 aromatic rings. The van der Waals surface area contributed by atoms with Crippen LogP contribution in [0.5, 0.6) is 5.75 Å². The maximum atomic E-state index is 12.7. The summed E-state index contributed by atoms with van der Waals surface area (Å²) in [5, 5.41) is 6.08. The molecule has 0 aliphatic carbocycles. The largest absolute Gasteiger partial charge is 0.493 e. The molecular weight excluding hydrogens is 412 g/mol. The Hall–Kier alpha value is -2.82. The van der Waals surface area contributed by atoms with E-state index in [-0.39, 0.29) is 17.9 Å². The molecule has 2 amide bonds. The van der Waals surface area contributed by atoms with E-state index in [1.54, 1.807) is 0 Å². The minimum atomic E-state index is -0.308. The summed E-state index contributed by atoms with van der Waals surface area (Å²) in [6, 6.07) is 17.2. The number of carbonyl (C=O) groups is 2. The highest BCUT2D eigenvalue weighted by Crippen LogP contribution is 2.19. The number of amides is 2. The Morgan fingerprint density at radius 3 is 2.24 bits per heavy atom. The highest BCUT2D eigenvalue weighted by molar-refractivity contribution is 5.79. The van der Waals surface area contributed by atoms with Crippen LogP contribution in [0.4, 0.5) is 0 Å². The van der Waals surface area contributed by atoms with Crippen molar-refractivity contribution in [3.63, 3.8) is 0 Å². The van der Waals surface area contributed by atoms with Gasteiger partial charge in [-0.25, -0.2) is 0 Å². The Balaban J connectivity index is 2.02. The van der Waals surface area contributed by atoms with Crippen molar-refractivity contribution < 1.29 is 14.3 Å². The third kappa shape index (κ3) is 10.6. The molecule has 0 heterocycles. The topological polar surface area (TPSA) is 67.4 Å². The van der Waals surface area contributed by atoms with Gasteiger partial charge in [-0.3, -0.25) is 9.59 Å². The van der Waals surface area contributed by atoms with Crippen LogP contribution in [0, 0.1) is 11.8 Å². The van der Waals surface area contributed by atoms with Crippen molar-refractivity contribution in [3.05, 3.63) is 65.7 Å². The van der Waals surface area contributed by atoms with Crippen molar-refractivity contribution in [2.24, 2.45) is 11.8 Å². The highest BCUT2D eigenvalue weighted by Gasteiger charge is 2.17. The van der Waals surface area contributed by atoms with E-state index in [1.165, 1.54) is 0 Å². The smallest absolute Gasteiger partial charge is 0.224 e. The van der Waals surface area contributed by atoms with Crippen LogP contribution in [0.15, 0.2) is 54.6 Å². The van der Waals surface area contributed by atoms with Crippen LogP contribution < -0.4 is 15.4 Å². The van der Waals surface area contributed by atoms with E-state index in [1.807, 2.05) is 54.6 Å². The number of nitrogens with one attached hydrogen (secondary N) is 2. The quantitative estimate of drug-likeness (QED) is 0.400. The third-order valence-corrected chi connectivity index (χ3v) is 5.59. The molecule has 0 saturated heterocycles. The number of carbonyl (C=O) groups excluding carboxylic acids is 2. The molecule has 0 aromatic heterocycles. The first-order valence-electron chi connectivity index (χ1n) is 12.2. The number of ether oxygens (including phenoxy) is 1. The molecule has 0 radical (unpaired) electrons. The molecule has 2 N–H and O–H groups in total. The predicted octanol–water partition coefficient (Wildman–Crippen LogP) is 5.45. The van der Waals surface area contributed by atoms with Crippen molar-refractivity contribution in [1.29, 1.82) is 0 Å². The lowest BCUT2D eigenvalue weighted by Gasteiger charge is -2.21. The molecule has 5 nitrogen and oxygen atoms in total. The van der Waals surface area contributed by atoms with Crippen molar-refractivity contribution in [2.75, 3.05) is 13.2 Å². The Morgan fingerprint density at radius 1 is 0.909 bits per heavy atom. The minimum Gasteiger partial charge on any atom is -0.493 e. The molecule has 0 bridgehead atoms. The summed E-state index contributed by atoms with van der Waals surface area (Å²) in [6.45, 7) is 9.62. The van der Waals surface area contributed by atoms with Crippen molar-refractivity contribution in [1.82, 2.24) is 10.6 Å². The van der Waals surface area contributed by atoms with Gasteiger partial charge in [-0.2, -0.15) is 0 Å². The van der Waals surface area contributed by atoms with Crippen molar-refractivity contribution >= 4 is 11.8 Å². The van der Waals surface area contributed by atoms with Gasteiger partial charge < -0.3 is 15.4 Å². The minimum absolute atomic E-state index is 0.0101. The number of hydrogen-bond donors (Lipinski definition) is 2. The normalized spacial score (nSPS) is 12.8. The van der Waals surface area contributed by atoms with Gasteiger partial charge in [-0.05, 0) is 47.9 Å². The standard InChI is InChI=1S/C28H40N2O3/c1-5-9-22(4)20-33-25-15-13-24(14-16-25)26(19-29-27(31)17-12-21(2)3)30-28(32)18-23-10-7-6-8-11-23/h6-8,10-11,13-16,21-22,26H,5,9,12,17-20H2,1-4H3,(H,29,31)(H,30,32). The van der Waals surface area contributed by atoms with Gasteiger partial charge >= 0.3 is 0 Å². The van der Waals surface area contributed by atoms with Gasteiger partial charge in [0.05, 0.1) is 19.1 Å². The fourth-order valence-corrected chi connectivity index (χ4v) is 3.61. The summed E-state index contributed by atoms with van der Waals surface area (Å²) in [5.74, 6) is 1.75. The lowest BCUT2D eigenvalue weighted by atomic mass is 10.0. The monoisotopic (exact) mass is 452 g/mol. The number of hydrogen-bond acceptors (Lipinski definition) is 3. The van der Waals surface area contributed by atoms with Crippen LogP contribution in [0.25, 0.3) is 0 Å². The Bertz CT molecular complexity index is 834. The second-order valence-electron chi connectivity index (χ2n) is 9.29. The van der Waals surface area contributed by atoms with E-state index in [0.29, 0.717) is 37.8 Å². The number of benzene rings is 2. The van der Waals surface area contributed by atoms with E-state index >= 15 is 0 Å². The summed E-state index contributed by atoms with van der Waals surface area (Å²) < 4.78 is 5.91. The van der Waals surface area contributed by atoms with Gasteiger partial charge in [0.25, 0.3) is 0 Å². The Kier molecular flexibility index (Phi) is 11.5. The number of rotatable bonds is 14. The van der Waals surface area contributed by atoms with Crippen LogP contribution >= 0.6 is 0 Å². The summed E-state index contributed by atoms with van der Waals surface area (Å²) in [4.78, 5) is 25.0. The summed E-state index contributed by atoms with van der Waals surface area (Å²) >= 11 is 0. The Morgan fingerprint density at radius 2 is 1.61 bits per heavy atom. The van der Waals surface area contributed by atoms with Crippen LogP contribution in [-0.2, 0) is 16.0 Å². The summed E-state index contributed by atoms with van der Waals surface area (Å²) in [7, 11) is 0. The average molecular weight is 453 g/mol. The Labute approximate surface area is 199 Å². The highest BCUT2D eigenvalue weighted by atomic mass is 16.5. The van der Waals surface area contributed by atoms with Gasteiger partial charge in [-0.15, -0.1) is 0 Å². The van der Waals surface area contributed by atoms with E-state index in [4.69, 9.17) is 4.74 Å². The lowest BCUT2D eigenvalue weighted by molar-refractivity contribution is -0.123. The van der Waals surface area contributed by atoms with Crippen LogP contribution in [-0.4, -0.2) is 25.0 Å². The van der Waals surface area contributed by atoms with E-state index in [2.05, 4.69) is 38.3 Å². The molecule has 2 rings (SSSR count). The van der Waals surface area contributed by atoms with Gasteiger partial charge in [0.2, 0.25) is 11.8 Å². The average Bonchev–Trinajstić information content (AvgIpc) is 2.80. The predicted molar refractivity (Wildman–Crippen MR) is 134 cm³/mol. The molecule has 0 saturated carbocycles. The van der Waals surface area contributed by atoms with Gasteiger partial charge in [0.15, 0.2) is 0 Å². The van der Waals surface area contributed by atoms with Gasteiger partial charge in [0, 0.05) is 13.0 Å². The van der Waals surface area contributed by atoms with Crippen LogP contribution in [0.1, 0.15) is 70.5 Å². The molecule has 0 aliphatic heterocycles. The molecule has 33 heavy (non-hydrogen) atoms. The zero-order valence-corrected chi connectivity index (χ0v) is 20.6. The van der Waals surface area contributed by atoms with Crippen LogP contribution in [0.2, 0.25) is 0 Å². The SMILES string of the molecule is CCCC(C)COc1ccc(C(CNC(=O)CCC(C)C)NC(=O)Cc2ccccc2)cc1. The molecule has 2 aromatic carbocycles.